The molecular formula is C27H28ClN5O5. The zero-order valence-corrected chi connectivity index (χ0v) is 22.0. The molecule has 0 bridgehead atoms. The molecule has 2 heterocycles. The van der Waals surface area contributed by atoms with Crippen LogP contribution in [0.4, 0.5) is 5.69 Å². The molecule has 0 N–H and O–H groups in total. The average Bonchev–Trinajstić information content (AvgIpc) is 3.48. The summed E-state index contributed by atoms with van der Waals surface area (Å²) in [5.41, 5.74) is -0.385. The Balaban J connectivity index is 1.45. The SMILES string of the molecule is C[C@H](Oc1cc(Cl)nc(C(=O)C2CCCC3(CCc4ccc([N+](=O)[O-])c(C#N)c43)C2=O)n1)[C@@H]1CCCN1C. The minimum absolute atomic E-state index is 0.0388. The first-order valence-electron chi connectivity index (χ1n) is 12.9. The Morgan fingerprint density at radius 2 is 2.11 bits per heavy atom. The van der Waals surface area contributed by atoms with E-state index in [2.05, 4.69) is 14.9 Å². The first kappa shape index (κ1) is 26.2. The van der Waals surface area contributed by atoms with Gasteiger partial charge in [-0.25, -0.2) is 4.98 Å². The van der Waals surface area contributed by atoms with Crippen LogP contribution in [0.25, 0.3) is 0 Å². The molecular weight excluding hydrogens is 510 g/mol. The van der Waals surface area contributed by atoms with Crippen molar-refractivity contribution < 1.29 is 19.2 Å². The summed E-state index contributed by atoms with van der Waals surface area (Å²) >= 11 is 6.24. The molecule has 1 aromatic carbocycles. The molecule has 2 aromatic rings. The molecule has 5 rings (SSSR count). The van der Waals surface area contributed by atoms with Crippen LogP contribution in [-0.4, -0.2) is 57.1 Å². The number of benzene rings is 1. The molecule has 38 heavy (non-hydrogen) atoms. The van der Waals surface area contributed by atoms with Crippen molar-refractivity contribution in [2.75, 3.05) is 13.6 Å². The highest BCUT2D eigenvalue weighted by atomic mass is 35.5. The molecule has 1 aromatic heterocycles. The summed E-state index contributed by atoms with van der Waals surface area (Å²) in [5, 5.41) is 21.5. The summed E-state index contributed by atoms with van der Waals surface area (Å²) in [7, 11) is 2.04. The summed E-state index contributed by atoms with van der Waals surface area (Å²) < 4.78 is 6.05. The van der Waals surface area contributed by atoms with Crippen LogP contribution in [0.5, 0.6) is 5.88 Å². The van der Waals surface area contributed by atoms with Gasteiger partial charge >= 0.3 is 0 Å². The van der Waals surface area contributed by atoms with Crippen LogP contribution in [0.1, 0.15) is 72.8 Å². The highest BCUT2D eigenvalue weighted by Gasteiger charge is 2.53. The van der Waals surface area contributed by atoms with Gasteiger partial charge in [0.1, 0.15) is 22.9 Å². The molecule has 1 aliphatic heterocycles. The molecule has 4 atom stereocenters. The summed E-state index contributed by atoms with van der Waals surface area (Å²) in [4.78, 5) is 49.3. The summed E-state index contributed by atoms with van der Waals surface area (Å²) in [6.07, 6.45) is 4.07. The molecule has 10 nitrogen and oxygen atoms in total. The van der Waals surface area contributed by atoms with Gasteiger partial charge < -0.3 is 4.74 Å². The van der Waals surface area contributed by atoms with Crippen LogP contribution in [0.15, 0.2) is 18.2 Å². The number of fused-ring (bicyclic) bond motifs is 2. The third-order valence-electron chi connectivity index (χ3n) is 8.40. The summed E-state index contributed by atoms with van der Waals surface area (Å²) in [5.74, 6) is -1.94. The maximum Gasteiger partial charge on any atom is 0.287 e. The molecule has 2 unspecified atom stereocenters. The number of hydrogen-bond acceptors (Lipinski definition) is 9. The van der Waals surface area contributed by atoms with Gasteiger partial charge in [-0.2, -0.15) is 10.2 Å². The fraction of sp³-hybridized carbons (Fsp3) is 0.519. The minimum Gasteiger partial charge on any atom is -0.473 e. The van der Waals surface area contributed by atoms with E-state index in [4.69, 9.17) is 16.3 Å². The van der Waals surface area contributed by atoms with E-state index in [0.717, 1.165) is 24.9 Å². The van der Waals surface area contributed by atoms with Gasteiger partial charge in [-0.15, -0.1) is 0 Å². The number of halogens is 1. The van der Waals surface area contributed by atoms with Crippen molar-refractivity contribution in [2.45, 2.75) is 69.4 Å². The minimum atomic E-state index is -1.12. The van der Waals surface area contributed by atoms with E-state index >= 15 is 0 Å². The fourth-order valence-corrected chi connectivity index (χ4v) is 6.77. The molecule has 0 amide bonds. The van der Waals surface area contributed by atoms with E-state index in [1.165, 1.54) is 12.1 Å². The second-order valence-corrected chi connectivity index (χ2v) is 10.9. The molecule has 1 saturated carbocycles. The highest BCUT2D eigenvalue weighted by Crippen LogP contribution is 2.51. The quantitative estimate of drug-likeness (QED) is 0.174. The Kier molecular flexibility index (Phi) is 6.92. The molecule has 3 aliphatic rings. The predicted octanol–water partition coefficient (Wildman–Crippen LogP) is 4.21. The van der Waals surface area contributed by atoms with Gasteiger partial charge in [0, 0.05) is 18.2 Å². The second kappa shape index (κ2) is 10.0. The van der Waals surface area contributed by atoms with Gasteiger partial charge in [-0.05, 0) is 70.2 Å². The fourth-order valence-electron chi connectivity index (χ4n) is 6.59. The van der Waals surface area contributed by atoms with Crippen molar-refractivity contribution in [1.29, 1.82) is 5.26 Å². The van der Waals surface area contributed by atoms with Crippen molar-refractivity contribution in [1.82, 2.24) is 14.9 Å². The summed E-state index contributed by atoms with van der Waals surface area (Å²) in [6.45, 7) is 2.93. The van der Waals surface area contributed by atoms with Crippen LogP contribution in [0.3, 0.4) is 0 Å². The predicted molar refractivity (Wildman–Crippen MR) is 137 cm³/mol. The number of Topliss-reactive ketones (excluding diaryl/α,β-unsaturated/α-hetero) is 2. The number of hydrogen-bond donors (Lipinski definition) is 0. The number of ketones is 2. The van der Waals surface area contributed by atoms with Gasteiger partial charge in [0.2, 0.25) is 17.5 Å². The average molecular weight is 538 g/mol. The van der Waals surface area contributed by atoms with Crippen molar-refractivity contribution >= 4 is 28.9 Å². The Hall–Kier alpha value is -3.42. The maximum absolute atomic E-state index is 14.0. The Bertz CT molecular complexity index is 1370. The topological polar surface area (TPSA) is 139 Å². The van der Waals surface area contributed by atoms with Gasteiger partial charge in [-0.3, -0.25) is 24.6 Å². The Morgan fingerprint density at radius 1 is 1.32 bits per heavy atom. The van der Waals surface area contributed by atoms with Crippen molar-refractivity contribution in [2.24, 2.45) is 5.92 Å². The van der Waals surface area contributed by atoms with Gasteiger partial charge in [0.05, 0.1) is 16.3 Å². The third kappa shape index (κ3) is 4.33. The van der Waals surface area contributed by atoms with E-state index in [0.29, 0.717) is 37.7 Å². The van der Waals surface area contributed by atoms with E-state index in [-0.39, 0.29) is 46.0 Å². The number of likely N-dealkylation sites (N-methyl/N-ethyl adjacent to an activating group) is 1. The number of nitrogens with zero attached hydrogens (tertiary/aromatic N) is 5. The number of ether oxygens (including phenoxy) is 1. The van der Waals surface area contributed by atoms with Gasteiger partial charge in [-0.1, -0.05) is 24.1 Å². The smallest absolute Gasteiger partial charge is 0.287 e. The Labute approximate surface area is 225 Å². The first-order chi connectivity index (χ1) is 18.2. The zero-order chi connectivity index (χ0) is 27.2. The number of nitro groups is 1. The highest BCUT2D eigenvalue weighted by molar-refractivity contribution is 6.29. The molecule has 198 valence electrons. The largest absolute Gasteiger partial charge is 0.473 e. The van der Waals surface area contributed by atoms with E-state index in [1.807, 2.05) is 20.0 Å². The summed E-state index contributed by atoms with van der Waals surface area (Å²) in [6, 6.07) is 6.57. The van der Waals surface area contributed by atoms with Crippen molar-refractivity contribution in [3.8, 4) is 11.9 Å². The lowest BCUT2D eigenvalue weighted by molar-refractivity contribution is -0.385. The number of carbonyl (C=O) groups is 2. The molecule has 11 heteroatoms. The standard InChI is InChI=1S/C27H28ClN5O5/c1-15(19-6-4-12-32(19)2)38-22-13-21(28)30-26(31-22)24(34)17-5-3-10-27(25(17)35)11-9-16-7-8-20(33(36)37)18(14-29)23(16)27/h7-8,13,15,17,19H,3-6,9-12H2,1-2H3/t15-,17?,19-,27?/m0/s1. The van der Waals surface area contributed by atoms with E-state index in [9.17, 15) is 25.0 Å². The number of aromatic nitrogens is 2. The van der Waals surface area contributed by atoms with Crippen LogP contribution < -0.4 is 4.74 Å². The molecule has 0 radical (unpaired) electrons. The van der Waals surface area contributed by atoms with Crippen LogP contribution >= 0.6 is 11.6 Å². The van der Waals surface area contributed by atoms with Crippen LogP contribution in [0, 0.1) is 27.4 Å². The lowest BCUT2D eigenvalue weighted by atomic mass is 9.63. The molecule has 1 saturated heterocycles. The van der Waals surface area contributed by atoms with Crippen LogP contribution in [0.2, 0.25) is 5.15 Å². The van der Waals surface area contributed by atoms with E-state index < -0.39 is 22.0 Å². The van der Waals surface area contributed by atoms with Crippen LogP contribution in [-0.2, 0) is 16.6 Å². The molecule has 2 fully saturated rings. The lowest BCUT2D eigenvalue weighted by Gasteiger charge is -2.37. The monoisotopic (exact) mass is 537 g/mol. The van der Waals surface area contributed by atoms with Crippen molar-refractivity contribution in [3.63, 3.8) is 0 Å². The number of nitriles is 1. The third-order valence-corrected chi connectivity index (χ3v) is 8.59. The van der Waals surface area contributed by atoms with E-state index in [1.54, 1.807) is 6.07 Å². The zero-order valence-electron chi connectivity index (χ0n) is 21.3. The molecule has 1 spiro atoms. The van der Waals surface area contributed by atoms with Crippen molar-refractivity contribution in [3.05, 3.63) is 56.0 Å². The first-order valence-corrected chi connectivity index (χ1v) is 13.2. The maximum atomic E-state index is 14.0. The second-order valence-electron chi connectivity index (χ2n) is 10.5. The Morgan fingerprint density at radius 3 is 2.79 bits per heavy atom. The van der Waals surface area contributed by atoms with Gasteiger partial charge in [0.15, 0.2) is 5.78 Å². The number of nitro benzene ring substituents is 1. The molecule has 2 aliphatic carbocycles. The lowest BCUT2D eigenvalue weighted by Crippen LogP contribution is -2.45. The van der Waals surface area contributed by atoms with Gasteiger partial charge in [0.25, 0.3) is 5.69 Å². The normalized spacial score (nSPS) is 25.7. The number of aryl methyl sites for hydroxylation is 1. The number of likely N-dealkylation sites (tertiary alicyclic amines) is 1. The number of carbonyl (C=O) groups excluding carboxylic acids is 2. The number of rotatable bonds is 6.